The summed E-state index contributed by atoms with van der Waals surface area (Å²) >= 11 is 18.6. The van der Waals surface area contributed by atoms with E-state index in [9.17, 15) is 0 Å². The van der Waals surface area contributed by atoms with Gasteiger partial charge in [0.05, 0.1) is 21.8 Å². The van der Waals surface area contributed by atoms with Crippen molar-refractivity contribution in [2.45, 2.75) is 19.0 Å². The molecule has 3 heterocycles. The summed E-state index contributed by atoms with van der Waals surface area (Å²) in [4.78, 5) is 6.66. The summed E-state index contributed by atoms with van der Waals surface area (Å²) in [5.41, 5.74) is 3.54. The number of hydrogen-bond acceptors (Lipinski definition) is 4. The van der Waals surface area contributed by atoms with Crippen LogP contribution in [0.4, 0.5) is 5.69 Å². The number of nitrogens with one attached hydrogen (secondary N) is 1. The Morgan fingerprint density at radius 3 is 2.46 bits per heavy atom. The number of furan rings is 1. The van der Waals surface area contributed by atoms with Crippen molar-refractivity contribution < 1.29 is 9.15 Å². The third-order valence-corrected chi connectivity index (χ3v) is 7.80. The lowest BCUT2D eigenvalue weighted by Gasteiger charge is -2.26. The summed E-state index contributed by atoms with van der Waals surface area (Å²) in [7, 11) is 0. The number of para-hydroxylation sites is 1. The maximum Gasteiger partial charge on any atom is 0.174 e. The monoisotopic (exact) mass is 571 g/mol. The maximum atomic E-state index is 6.49. The molecule has 0 saturated carbocycles. The average Bonchev–Trinajstić information content (AvgIpc) is 3.57. The molecule has 194 valence electrons. The Kier molecular flexibility index (Phi) is 7.00. The summed E-state index contributed by atoms with van der Waals surface area (Å²) in [6.07, 6.45) is 1.77. The van der Waals surface area contributed by atoms with Crippen molar-refractivity contribution in [3.63, 3.8) is 0 Å². The molecule has 2 atom stereocenters. The van der Waals surface area contributed by atoms with Crippen molar-refractivity contribution in [3.05, 3.63) is 130 Å². The molecule has 0 amide bonds. The Labute approximate surface area is 242 Å². The van der Waals surface area contributed by atoms with Crippen LogP contribution < -0.4 is 15.0 Å². The minimum atomic E-state index is -0.303. The molecule has 8 heteroatoms. The first-order chi connectivity index (χ1) is 19.0. The van der Waals surface area contributed by atoms with Crippen LogP contribution in [0.3, 0.4) is 0 Å². The summed E-state index contributed by atoms with van der Waals surface area (Å²) in [6, 6.07) is 30.4. The number of rotatable bonds is 6. The molecule has 1 aliphatic heterocycles. The molecule has 5 aromatic rings. The van der Waals surface area contributed by atoms with E-state index in [4.69, 9.17) is 44.6 Å². The first-order valence-electron chi connectivity index (χ1n) is 12.4. The zero-order valence-corrected chi connectivity index (χ0v) is 23.2. The van der Waals surface area contributed by atoms with E-state index in [-0.39, 0.29) is 12.1 Å². The number of thiocarbonyl (C=S) groups is 1. The van der Waals surface area contributed by atoms with Gasteiger partial charge in [0, 0.05) is 17.4 Å². The van der Waals surface area contributed by atoms with E-state index in [2.05, 4.69) is 15.2 Å². The Balaban J connectivity index is 1.37. The molecule has 0 aliphatic carbocycles. The highest BCUT2D eigenvalue weighted by Crippen LogP contribution is 2.44. The molecule has 1 N–H and O–H groups in total. The van der Waals surface area contributed by atoms with E-state index in [0.29, 0.717) is 26.7 Å². The zero-order chi connectivity index (χ0) is 26.9. The Morgan fingerprint density at radius 2 is 1.69 bits per heavy atom. The normalized spacial score (nSPS) is 16.8. The van der Waals surface area contributed by atoms with E-state index in [0.717, 1.165) is 34.0 Å². The van der Waals surface area contributed by atoms with Crippen LogP contribution >= 0.6 is 35.4 Å². The van der Waals surface area contributed by atoms with Crippen molar-refractivity contribution in [1.29, 1.82) is 0 Å². The first kappa shape index (κ1) is 25.4. The van der Waals surface area contributed by atoms with E-state index in [1.807, 2.05) is 97.9 Å². The highest BCUT2D eigenvalue weighted by Gasteiger charge is 2.42. The van der Waals surface area contributed by atoms with Gasteiger partial charge in [-0.25, -0.2) is 0 Å². The standard InChI is InChI=1S/C31H23Cl2N3O2S/c1-19-7-2-3-11-25(19)37-21-14-12-20(13-15-21)36-30(29(35-31(36)39)24-10-4-5-18-34-24)27-17-16-26(38-27)22-8-6-9-23(32)28(22)33/h2-18,29-30H,1H3,(H,35,39)/t29-,30+/m0/s1. The number of halogens is 2. The minimum Gasteiger partial charge on any atom is -0.459 e. The lowest BCUT2D eigenvalue weighted by atomic mass is 10.0. The van der Waals surface area contributed by atoms with Gasteiger partial charge in [-0.05, 0) is 91.4 Å². The lowest BCUT2D eigenvalue weighted by Crippen LogP contribution is -2.29. The Bertz CT molecular complexity index is 1640. The first-order valence-corrected chi connectivity index (χ1v) is 13.5. The predicted molar refractivity (Wildman–Crippen MR) is 160 cm³/mol. The fourth-order valence-electron chi connectivity index (χ4n) is 4.75. The van der Waals surface area contributed by atoms with E-state index in [1.165, 1.54) is 0 Å². The summed E-state index contributed by atoms with van der Waals surface area (Å²) in [5, 5.41) is 4.94. The molecule has 0 radical (unpaired) electrons. The summed E-state index contributed by atoms with van der Waals surface area (Å²) in [6.45, 7) is 2.02. The largest absolute Gasteiger partial charge is 0.459 e. The number of aryl methyl sites for hydroxylation is 1. The van der Waals surface area contributed by atoms with E-state index < -0.39 is 0 Å². The van der Waals surface area contributed by atoms with E-state index >= 15 is 0 Å². The molecule has 0 bridgehead atoms. The summed E-state index contributed by atoms with van der Waals surface area (Å²) in [5.74, 6) is 2.89. The summed E-state index contributed by atoms with van der Waals surface area (Å²) < 4.78 is 12.5. The van der Waals surface area contributed by atoms with Gasteiger partial charge in [-0.2, -0.15) is 0 Å². The van der Waals surface area contributed by atoms with Gasteiger partial charge in [0.1, 0.15) is 29.1 Å². The number of aromatic nitrogens is 1. The molecule has 1 aliphatic rings. The van der Waals surface area contributed by atoms with Crippen LogP contribution in [0.25, 0.3) is 11.3 Å². The second-order valence-electron chi connectivity index (χ2n) is 9.16. The number of nitrogens with zero attached hydrogens (tertiary/aromatic N) is 2. The Morgan fingerprint density at radius 1 is 0.897 bits per heavy atom. The van der Waals surface area contributed by atoms with E-state index in [1.54, 1.807) is 12.3 Å². The van der Waals surface area contributed by atoms with Crippen LogP contribution in [-0.4, -0.2) is 10.1 Å². The van der Waals surface area contributed by atoms with Crippen molar-refractivity contribution in [1.82, 2.24) is 10.3 Å². The topological polar surface area (TPSA) is 50.5 Å². The highest BCUT2D eigenvalue weighted by molar-refractivity contribution is 7.80. The SMILES string of the molecule is Cc1ccccc1Oc1ccc(N2C(=S)N[C@@H](c3ccccn3)[C@H]2c2ccc(-c3cccc(Cl)c3Cl)o2)cc1. The van der Waals surface area contributed by atoms with Crippen LogP contribution in [0, 0.1) is 6.92 Å². The fourth-order valence-corrected chi connectivity index (χ4v) is 5.48. The maximum absolute atomic E-state index is 6.49. The van der Waals surface area contributed by atoms with Gasteiger partial charge >= 0.3 is 0 Å². The molecular formula is C31H23Cl2N3O2S. The fraction of sp³-hybridized carbons (Fsp3) is 0.0968. The number of pyridine rings is 1. The molecule has 0 spiro atoms. The quantitative estimate of drug-likeness (QED) is 0.205. The smallest absolute Gasteiger partial charge is 0.174 e. The zero-order valence-electron chi connectivity index (χ0n) is 20.8. The molecule has 0 unspecified atom stereocenters. The molecule has 2 aromatic heterocycles. The van der Waals surface area contributed by atoms with Crippen LogP contribution in [0.1, 0.15) is 29.1 Å². The third kappa shape index (κ3) is 4.99. The minimum absolute atomic E-state index is 0.240. The van der Waals surface area contributed by atoms with Gasteiger partial charge < -0.3 is 19.4 Å². The predicted octanol–water partition coefficient (Wildman–Crippen LogP) is 8.93. The molecule has 6 rings (SSSR count). The third-order valence-electron chi connectivity index (χ3n) is 6.67. The van der Waals surface area contributed by atoms with Gasteiger partial charge in [0.15, 0.2) is 5.11 Å². The second-order valence-corrected chi connectivity index (χ2v) is 10.3. The molecule has 1 saturated heterocycles. The average molecular weight is 573 g/mol. The molecule has 5 nitrogen and oxygen atoms in total. The number of anilines is 1. The van der Waals surface area contributed by atoms with Gasteiger partial charge in [-0.1, -0.05) is 53.5 Å². The number of hydrogen-bond donors (Lipinski definition) is 1. The number of benzene rings is 3. The van der Waals surface area contributed by atoms with Crippen molar-refractivity contribution in [2.24, 2.45) is 0 Å². The Hall–Kier alpha value is -3.84. The van der Waals surface area contributed by atoms with Crippen LogP contribution in [0.5, 0.6) is 11.5 Å². The highest BCUT2D eigenvalue weighted by atomic mass is 35.5. The molecular weight excluding hydrogens is 549 g/mol. The van der Waals surface area contributed by atoms with Gasteiger partial charge in [-0.3, -0.25) is 4.98 Å². The van der Waals surface area contributed by atoms with Crippen molar-refractivity contribution in [3.8, 4) is 22.8 Å². The van der Waals surface area contributed by atoms with Gasteiger partial charge in [0.2, 0.25) is 0 Å². The van der Waals surface area contributed by atoms with Gasteiger partial charge in [-0.15, -0.1) is 0 Å². The van der Waals surface area contributed by atoms with Crippen molar-refractivity contribution >= 4 is 46.2 Å². The van der Waals surface area contributed by atoms with Crippen LogP contribution in [-0.2, 0) is 0 Å². The van der Waals surface area contributed by atoms with Gasteiger partial charge in [0.25, 0.3) is 0 Å². The van der Waals surface area contributed by atoms with Crippen molar-refractivity contribution in [2.75, 3.05) is 4.90 Å². The van der Waals surface area contributed by atoms with Crippen LogP contribution in [0.15, 0.2) is 108 Å². The van der Waals surface area contributed by atoms with Crippen LogP contribution in [0.2, 0.25) is 10.0 Å². The molecule has 3 aromatic carbocycles. The molecule has 1 fully saturated rings. The molecule has 39 heavy (non-hydrogen) atoms. The second kappa shape index (κ2) is 10.7. The number of ether oxygens (including phenoxy) is 1. The lowest BCUT2D eigenvalue weighted by molar-refractivity contribution is 0.439.